The fraction of sp³-hybridized carbons (Fsp3) is 0.786. The van der Waals surface area contributed by atoms with Crippen LogP contribution in [-0.2, 0) is 4.79 Å². The van der Waals surface area contributed by atoms with E-state index in [2.05, 4.69) is 0 Å². The molecule has 0 aliphatic heterocycles. The van der Waals surface area contributed by atoms with Gasteiger partial charge in [-0.05, 0) is 43.9 Å². The van der Waals surface area contributed by atoms with Crippen LogP contribution in [0.3, 0.4) is 0 Å². The number of carbonyl (C=O) groups is 1. The zero-order valence-electron chi connectivity index (χ0n) is 10.1. The van der Waals surface area contributed by atoms with Crippen LogP contribution in [0.2, 0.25) is 0 Å². The quantitative estimate of drug-likeness (QED) is 0.724. The zero-order valence-corrected chi connectivity index (χ0v) is 10.1. The van der Waals surface area contributed by atoms with Crippen molar-refractivity contribution in [2.75, 3.05) is 0 Å². The first-order chi connectivity index (χ1) is 7.66. The van der Waals surface area contributed by atoms with Gasteiger partial charge >= 0.3 is 5.97 Å². The molecule has 2 aliphatic rings. The number of aliphatic carboxylic acids is 1. The van der Waals surface area contributed by atoms with Gasteiger partial charge in [0.2, 0.25) is 0 Å². The molecule has 0 bridgehead atoms. The van der Waals surface area contributed by atoms with E-state index in [0.29, 0.717) is 11.5 Å². The molecule has 0 aromatic heterocycles. The van der Waals surface area contributed by atoms with Crippen molar-refractivity contribution in [3.05, 3.63) is 11.6 Å². The van der Waals surface area contributed by atoms with Crippen LogP contribution in [0.5, 0.6) is 0 Å². The Labute approximate surface area is 97.7 Å². The van der Waals surface area contributed by atoms with E-state index in [9.17, 15) is 4.79 Å². The largest absolute Gasteiger partial charge is 0.478 e. The number of hydrogen-bond acceptors (Lipinski definition) is 1. The number of fused-ring (bicyclic) bond motifs is 1. The molecule has 0 aromatic carbocycles. The molecule has 2 aliphatic carbocycles. The molecule has 0 saturated heterocycles. The summed E-state index contributed by atoms with van der Waals surface area (Å²) in [4.78, 5) is 10.8. The second-order valence-corrected chi connectivity index (χ2v) is 5.53. The van der Waals surface area contributed by atoms with Gasteiger partial charge in [-0.3, -0.25) is 0 Å². The molecule has 16 heavy (non-hydrogen) atoms. The lowest BCUT2D eigenvalue weighted by Gasteiger charge is -2.38. The Hall–Kier alpha value is -0.790. The average molecular weight is 222 g/mol. The lowest BCUT2D eigenvalue weighted by Crippen LogP contribution is -2.27. The summed E-state index contributed by atoms with van der Waals surface area (Å²) in [6, 6.07) is 0. The SMILES string of the molecule is CC(=CC1CCC2CCCCC2C1)C(=O)O. The van der Waals surface area contributed by atoms with Gasteiger partial charge < -0.3 is 5.11 Å². The molecular formula is C14H22O2. The Morgan fingerprint density at radius 2 is 1.81 bits per heavy atom. The summed E-state index contributed by atoms with van der Waals surface area (Å²) in [5.41, 5.74) is 0.527. The Morgan fingerprint density at radius 1 is 1.12 bits per heavy atom. The Bertz CT molecular complexity index is 293. The van der Waals surface area contributed by atoms with E-state index in [-0.39, 0.29) is 0 Å². The molecule has 2 rings (SSSR count). The minimum Gasteiger partial charge on any atom is -0.478 e. The first-order valence-electron chi connectivity index (χ1n) is 6.58. The van der Waals surface area contributed by atoms with E-state index in [1.165, 1.54) is 44.9 Å². The summed E-state index contributed by atoms with van der Waals surface area (Å²) in [6.45, 7) is 1.72. The number of hydrogen-bond donors (Lipinski definition) is 1. The second-order valence-electron chi connectivity index (χ2n) is 5.53. The predicted octanol–water partition coefficient (Wildman–Crippen LogP) is 3.62. The summed E-state index contributed by atoms with van der Waals surface area (Å²) in [5.74, 6) is 1.59. The van der Waals surface area contributed by atoms with E-state index in [1.807, 2.05) is 6.08 Å². The Balaban J connectivity index is 1.94. The van der Waals surface area contributed by atoms with Crippen LogP contribution >= 0.6 is 0 Å². The van der Waals surface area contributed by atoms with Crippen molar-refractivity contribution in [3.8, 4) is 0 Å². The molecule has 2 nitrogen and oxygen atoms in total. The van der Waals surface area contributed by atoms with Crippen molar-refractivity contribution in [1.82, 2.24) is 0 Å². The predicted molar refractivity (Wildman–Crippen MR) is 64.2 cm³/mol. The lowest BCUT2D eigenvalue weighted by atomic mass is 9.67. The number of carboxylic acid groups (broad SMARTS) is 1. The van der Waals surface area contributed by atoms with Gasteiger partial charge in [0.05, 0.1) is 0 Å². The molecule has 2 saturated carbocycles. The summed E-state index contributed by atoms with van der Waals surface area (Å²) >= 11 is 0. The summed E-state index contributed by atoms with van der Waals surface area (Å²) in [6.07, 6.45) is 11.3. The topological polar surface area (TPSA) is 37.3 Å². The van der Waals surface area contributed by atoms with E-state index < -0.39 is 5.97 Å². The highest BCUT2D eigenvalue weighted by Crippen LogP contribution is 2.43. The highest BCUT2D eigenvalue weighted by atomic mass is 16.4. The van der Waals surface area contributed by atoms with Crippen molar-refractivity contribution in [2.24, 2.45) is 17.8 Å². The first kappa shape index (κ1) is 11.7. The average Bonchev–Trinajstić information content (AvgIpc) is 2.28. The molecule has 0 radical (unpaired) electrons. The van der Waals surface area contributed by atoms with Gasteiger partial charge in [-0.15, -0.1) is 0 Å². The van der Waals surface area contributed by atoms with Crippen LogP contribution in [0.15, 0.2) is 11.6 Å². The normalized spacial score (nSPS) is 35.6. The fourth-order valence-corrected chi connectivity index (χ4v) is 3.49. The molecule has 3 atom stereocenters. The molecule has 0 heterocycles. The van der Waals surface area contributed by atoms with Crippen molar-refractivity contribution in [1.29, 1.82) is 0 Å². The van der Waals surface area contributed by atoms with Gasteiger partial charge in [0.1, 0.15) is 0 Å². The van der Waals surface area contributed by atoms with Crippen LogP contribution in [0, 0.1) is 17.8 Å². The Kier molecular flexibility index (Phi) is 3.67. The van der Waals surface area contributed by atoms with Crippen LogP contribution in [0.1, 0.15) is 51.9 Å². The molecular weight excluding hydrogens is 200 g/mol. The third-order valence-corrected chi connectivity index (χ3v) is 4.40. The van der Waals surface area contributed by atoms with Gasteiger partial charge in [0.25, 0.3) is 0 Å². The van der Waals surface area contributed by atoms with E-state index in [1.54, 1.807) is 6.92 Å². The van der Waals surface area contributed by atoms with Crippen LogP contribution in [-0.4, -0.2) is 11.1 Å². The highest BCUT2D eigenvalue weighted by Gasteiger charge is 2.31. The van der Waals surface area contributed by atoms with Gasteiger partial charge in [-0.2, -0.15) is 0 Å². The van der Waals surface area contributed by atoms with Gasteiger partial charge in [0.15, 0.2) is 0 Å². The van der Waals surface area contributed by atoms with Crippen molar-refractivity contribution in [3.63, 3.8) is 0 Å². The minimum atomic E-state index is -0.759. The monoisotopic (exact) mass is 222 g/mol. The number of rotatable bonds is 2. The highest BCUT2D eigenvalue weighted by molar-refractivity contribution is 5.85. The molecule has 0 spiro atoms. The summed E-state index contributed by atoms with van der Waals surface area (Å²) < 4.78 is 0. The third kappa shape index (κ3) is 2.66. The molecule has 1 N–H and O–H groups in total. The smallest absolute Gasteiger partial charge is 0.330 e. The fourth-order valence-electron chi connectivity index (χ4n) is 3.49. The van der Waals surface area contributed by atoms with Crippen molar-refractivity contribution in [2.45, 2.75) is 51.9 Å². The molecule has 2 heteroatoms. The maximum absolute atomic E-state index is 10.8. The summed E-state index contributed by atoms with van der Waals surface area (Å²) in [7, 11) is 0. The van der Waals surface area contributed by atoms with Crippen LogP contribution in [0.4, 0.5) is 0 Å². The molecule has 0 aromatic rings. The third-order valence-electron chi connectivity index (χ3n) is 4.40. The maximum atomic E-state index is 10.8. The van der Waals surface area contributed by atoms with Crippen molar-refractivity contribution >= 4 is 5.97 Å². The summed E-state index contributed by atoms with van der Waals surface area (Å²) in [5, 5.41) is 8.88. The molecule has 3 unspecified atom stereocenters. The van der Waals surface area contributed by atoms with Crippen LogP contribution < -0.4 is 0 Å². The van der Waals surface area contributed by atoms with Crippen molar-refractivity contribution < 1.29 is 9.90 Å². The second kappa shape index (κ2) is 5.03. The minimum absolute atomic E-state index is 0.524. The number of allylic oxidation sites excluding steroid dienone is 1. The molecule has 2 fully saturated rings. The van der Waals surface area contributed by atoms with Gasteiger partial charge in [-0.1, -0.05) is 31.8 Å². The van der Waals surface area contributed by atoms with E-state index >= 15 is 0 Å². The van der Waals surface area contributed by atoms with Gasteiger partial charge in [0, 0.05) is 5.57 Å². The van der Waals surface area contributed by atoms with Gasteiger partial charge in [-0.25, -0.2) is 4.79 Å². The van der Waals surface area contributed by atoms with E-state index in [4.69, 9.17) is 5.11 Å². The molecule has 0 amide bonds. The Morgan fingerprint density at radius 3 is 2.50 bits per heavy atom. The standard InChI is InChI=1S/C14H22O2/c1-10(14(15)16)8-11-6-7-12-4-2-3-5-13(12)9-11/h8,11-13H,2-7,9H2,1H3,(H,15,16). The lowest BCUT2D eigenvalue weighted by molar-refractivity contribution is -0.132. The molecule has 90 valence electrons. The van der Waals surface area contributed by atoms with E-state index in [0.717, 1.165) is 11.8 Å². The maximum Gasteiger partial charge on any atom is 0.330 e. The first-order valence-corrected chi connectivity index (χ1v) is 6.58. The zero-order chi connectivity index (χ0) is 11.5. The van der Waals surface area contributed by atoms with Crippen LogP contribution in [0.25, 0.3) is 0 Å². The number of carboxylic acids is 1.